The summed E-state index contributed by atoms with van der Waals surface area (Å²) in [4.78, 5) is 12.6. The summed E-state index contributed by atoms with van der Waals surface area (Å²) in [5.41, 5.74) is 1.19. The van der Waals surface area contributed by atoms with E-state index < -0.39 is 21.7 Å². The Labute approximate surface area is 198 Å². The van der Waals surface area contributed by atoms with Gasteiger partial charge in [0.1, 0.15) is 17.9 Å². The van der Waals surface area contributed by atoms with Crippen molar-refractivity contribution in [3.8, 4) is 23.3 Å². The molecular formula is C25H25FN4O3S. The topological polar surface area (TPSA) is 123 Å². The Morgan fingerprint density at radius 1 is 1.15 bits per heavy atom. The number of nitrogens with zero attached hydrogens (tertiary/aromatic N) is 2. The summed E-state index contributed by atoms with van der Waals surface area (Å²) in [5.74, 6) is -0.513. The molecule has 2 aromatic rings. The van der Waals surface area contributed by atoms with Crippen LogP contribution in [0.3, 0.4) is 0 Å². The van der Waals surface area contributed by atoms with Gasteiger partial charge in [0.2, 0.25) is 5.91 Å². The third kappa shape index (κ3) is 4.96. The molecule has 176 valence electrons. The van der Waals surface area contributed by atoms with E-state index in [9.17, 15) is 28.1 Å². The highest BCUT2D eigenvalue weighted by atomic mass is 32.2. The van der Waals surface area contributed by atoms with Gasteiger partial charge in [-0.05, 0) is 66.5 Å². The van der Waals surface area contributed by atoms with Crippen molar-refractivity contribution in [3.05, 3.63) is 53.3 Å². The molecule has 1 unspecified atom stereocenters. The van der Waals surface area contributed by atoms with Crippen molar-refractivity contribution >= 4 is 15.7 Å². The molecule has 1 amide bonds. The Morgan fingerprint density at radius 3 is 2.38 bits per heavy atom. The summed E-state index contributed by atoms with van der Waals surface area (Å²) in [6.07, 6.45) is 5.16. The third-order valence-electron chi connectivity index (χ3n) is 6.73. The first-order chi connectivity index (χ1) is 16.2. The molecule has 2 atom stereocenters. The lowest BCUT2D eigenvalue weighted by Gasteiger charge is -2.42. The van der Waals surface area contributed by atoms with Gasteiger partial charge in [-0.3, -0.25) is 4.79 Å². The quantitative estimate of drug-likeness (QED) is 0.655. The summed E-state index contributed by atoms with van der Waals surface area (Å²) >= 11 is 0. The minimum atomic E-state index is -3.64. The van der Waals surface area contributed by atoms with E-state index in [0.29, 0.717) is 17.2 Å². The van der Waals surface area contributed by atoms with Gasteiger partial charge in [0.15, 0.2) is 9.84 Å². The number of amides is 1. The van der Waals surface area contributed by atoms with Crippen molar-refractivity contribution in [3.63, 3.8) is 0 Å². The van der Waals surface area contributed by atoms with Gasteiger partial charge in [-0.15, -0.1) is 0 Å². The molecule has 0 aromatic heterocycles. The normalized spacial score (nSPS) is 22.4. The molecule has 2 saturated heterocycles. The van der Waals surface area contributed by atoms with Crippen molar-refractivity contribution in [1.82, 2.24) is 10.6 Å². The van der Waals surface area contributed by atoms with Crippen LogP contribution in [0.2, 0.25) is 0 Å². The summed E-state index contributed by atoms with van der Waals surface area (Å²) in [6.45, 7) is 0. The molecule has 34 heavy (non-hydrogen) atoms. The summed E-state index contributed by atoms with van der Waals surface area (Å²) in [5, 5.41) is 24.8. The van der Waals surface area contributed by atoms with E-state index in [4.69, 9.17) is 0 Å². The first-order valence-electron chi connectivity index (χ1n) is 11.2. The highest BCUT2D eigenvalue weighted by Crippen LogP contribution is 2.33. The summed E-state index contributed by atoms with van der Waals surface area (Å²) in [7, 11) is -3.64. The van der Waals surface area contributed by atoms with Gasteiger partial charge < -0.3 is 10.6 Å². The molecule has 2 aromatic carbocycles. The average Bonchev–Trinajstić information content (AvgIpc) is 2.84. The molecule has 3 aliphatic rings. The van der Waals surface area contributed by atoms with Gasteiger partial charge in [-0.2, -0.15) is 10.5 Å². The Morgan fingerprint density at radius 2 is 1.82 bits per heavy atom. The van der Waals surface area contributed by atoms with Gasteiger partial charge >= 0.3 is 0 Å². The Balaban J connectivity index is 1.49. The molecule has 2 heterocycles. The lowest BCUT2D eigenvalue weighted by Crippen LogP contribution is -2.59. The summed E-state index contributed by atoms with van der Waals surface area (Å²) < 4.78 is 39.0. The van der Waals surface area contributed by atoms with E-state index in [2.05, 4.69) is 16.7 Å². The molecule has 9 heteroatoms. The molecule has 2 N–H and O–H groups in total. The third-order valence-corrected chi connectivity index (χ3v) is 7.86. The second kappa shape index (κ2) is 9.54. The van der Waals surface area contributed by atoms with E-state index in [1.807, 2.05) is 6.07 Å². The van der Waals surface area contributed by atoms with Crippen LogP contribution < -0.4 is 10.6 Å². The maximum Gasteiger partial charge on any atom is 0.238 e. The molecule has 5 rings (SSSR count). The number of halogens is 1. The standard InChI is InChI=1S/C25H25FN4O3S/c1-34(32,33)23-12-17(3-5-19(23)13-27)16-2-4-18(22(26)11-16)10-21(14-28)30-25(31)24-15-6-8-20(29-24)9-7-15/h2-5,11-12,15,20-21,24,29H,6-10H2,1H3,(H,30,31)/t15?,20?,21-,24?/m0/s1. The molecule has 1 aliphatic carbocycles. The van der Waals surface area contributed by atoms with Crippen molar-refractivity contribution in [2.45, 2.75) is 55.1 Å². The lowest BCUT2D eigenvalue weighted by atomic mass is 9.76. The van der Waals surface area contributed by atoms with Crippen LogP contribution in [0.15, 0.2) is 41.3 Å². The second-order valence-corrected chi connectivity index (χ2v) is 11.0. The highest BCUT2D eigenvalue weighted by Gasteiger charge is 2.39. The number of rotatable bonds is 6. The number of carbonyl (C=O) groups is 1. The number of benzene rings is 2. The Bertz CT molecular complexity index is 1300. The van der Waals surface area contributed by atoms with Gasteiger partial charge in [-0.25, -0.2) is 12.8 Å². The zero-order valence-corrected chi connectivity index (χ0v) is 19.5. The molecule has 2 bridgehead atoms. The van der Waals surface area contributed by atoms with E-state index in [1.54, 1.807) is 12.1 Å². The number of sulfone groups is 1. The minimum absolute atomic E-state index is 0.0110. The molecule has 1 saturated carbocycles. The largest absolute Gasteiger partial charge is 0.339 e. The first-order valence-corrected chi connectivity index (χ1v) is 13.1. The number of fused-ring (bicyclic) bond motifs is 3. The molecule has 2 aliphatic heterocycles. The molecule has 0 radical (unpaired) electrons. The maximum atomic E-state index is 14.9. The molecular weight excluding hydrogens is 455 g/mol. The second-order valence-electron chi connectivity index (χ2n) is 9.05. The van der Waals surface area contributed by atoms with Crippen LogP contribution in [-0.2, 0) is 21.1 Å². The van der Waals surface area contributed by atoms with E-state index in [0.717, 1.165) is 31.9 Å². The number of hydrogen-bond acceptors (Lipinski definition) is 6. The van der Waals surface area contributed by atoms with Crippen LogP contribution in [0.25, 0.3) is 11.1 Å². The zero-order chi connectivity index (χ0) is 24.5. The Kier molecular flexibility index (Phi) is 6.70. The van der Waals surface area contributed by atoms with Gasteiger partial charge in [-0.1, -0.05) is 18.2 Å². The predicted molar refractivity (Wildman–Crippen MR) is 124 cm³/mol. The van der Waals surface area contributed by atoms with Crippen molar-refractivity contribution in [1.29, 1.82) is 10.5 Å². The Hall–Kier alpha value is -3.27. The van der Waals surface area contributed by atoms with Crippen molar-refractivity contribution in [2.24, 2.45) is 5.92 Å². The number of nitrogens with one attached hydrogen (secondary N) is 2. The van der Waals surface area contributed by atoms with Crippen LogP contribution in [0.1, 0.15) is 36.8 Å². The predicted octanol–water partition coefficient (Wildman–Crippen LogP) is 2.85. The van der Waals surface area contributed by atoms with Crippen LogP contribution in [0, 0.1) is 34.4 Å². The monoisotopic (exact) mass is 480 g/mol. The maximum absolute atomic E-state index is 14.9. The summed E-state index contributed by atoms with van der Waals surface area (Å²) in [6, 6.07) is 11.8. The number of nitriles is 2. The van der Waals surface area contributed by atoms with Crippen LogP contribution in [0.5, 0.6) is 0 Å². The SMILES string of the molecule is CS(=O)(=O)c1cc(-c2ccc(C[C@@H](C#N)NC(=O)C3NC4CCC3CC4)c(F)c2)ccc1C#N. The fourth-order valence-corrected chi connectivity index (χ4v) is 5.76. The number of carbonyl (C=O) groups excluding carboxylic acids is 1. The van der Waals surface area contributed by atoms with Gasteiger partial charge in [0, 0.05) is 18.7 Å². The van der Waals surface area contributed by atoms with Gasteiger partial charge in [0.25, 0.3) is 0 Å². The molecule has 3 fully saturated rings. The fraction of sp³-hybridized carbons (Fsp3) is 0.400. The molecule has 0 spiro atoms. The lowest BCUT2D eigenvalue weighted by molar-refractivity contribution is -0.127. The van der Waals surface area contributed by atoms with Crippen molar-refractivity contribution < 1.29 is 17.6 Å². The van der Waals surface area contributed by atoms with Crippen LogP contribution in [0.4, 0.5) is 4.39 Å². The van der Waals surface area contributed by atoms with Crippen LogP contribution >= 0.6 is 0 Å². The average molecular weight is 481 g/mol. The minimum Gasteiger partial charge on any atom is -0.339 e. The van der Waals surface area contributed by atoms with E-state index >= 15 is 0 Å². The first kappa shape index (κ1) is 23.9. The van der Waals surface area contributed by atoms with E-state index in [1.165, 1.54) is 24.3 Å². The molecule has 7 nitrogen and oxygen atoms in total. The zero-order valence-electron chi connectivity index (χ0n) is 18.7. The smallest absolute Gasteiger partial charge is 0.238 e. The highest BCUT2D eigenvalue weighted by molar-refractivity contribution is 7.90. The number of hydrogen-bond donors (Lipinski definition) is 2. The fourth-order valence-electron chi connectivity index (χ4n) is 4.90. The van der Waals surface area contributed by atoms with Crippen LogP contribution in [-0.4, -0.2) is 38.7 Å². The van der Waals surface area contributed by atoms with E-state index in [-0.39, 0.29) is 40.3 Å². The van der Waals surface area contributed by atoms with Crippen molar-refractivity contribution in [2.75, 3.05) is 6.26 Å². The van der Waals surface area contributed by atoms with Gasteiger partial charge in [0.05, 0.1) is 22.6 Å². The number of piperidine rings is 2.